The summed E-state index contributed by atoms with van der Waals surface area (Å²) in [6.45, 7) is 2.37. The molecule has 9 nitrogen and oxygen atoms in total. The van der Waals surface area contributed by atoms with Gasteiger partial charge in [0.15, 0.2) is 5.60 Å². The number of methoxy groups -OCH3 is 1. The number of benzene rings is 4. The first kappa shape index (κ1) is 33.6. The molecule has 0 aliphatic carbocycles. The van der Waals surface area contributed by atoms with E-state index >= 15 is 0 Å². The summed E-state index contributed by atoms with van der Waals surface area (Å²) in [5, 5.41) is 21.7. The number of nitrogens with zero attached hydrogens (tertiary/aromatic N) is 3. The van der Waals surface area contributed by atoms with E-state index in [9.17, 15) is 24.6 Å². The van der Waals surface area contributed by atoms with Crippen LogP contribution in [0.5, 0.6) is 5.75 Å². The standard InChI is InChI=1S/C40H41N3O6/c1-28(9-8-14-37(45)41(23-24-44)26-29-10-4-3-5-11-29)40(48)34-25-33(49-2)20-21-36(34)42(39(40)47)27-30-15-18-32(19-16-30)43-35-13-7-6-12-31(35)17-22-38(43)46/h3-13,15-16,18-21,25,28,44,48H,14,17,22-24,26-27H2,1-2H3/b9-8+/t28-,40+/m0/s1. The van der Waals surface area contributed by atoms with E-state index in [2.05, 4.69) is 0 Å². The van der Waals surface area contributed by atoms with Crippen molar-refractivity contribution in [3.63, 3.8) is 0 Å². The molecule has 2 heterocycles. The van der Waals surface area contributed by atoms with E-state index in [-0.39, 0.29) is 37.9 Å². The highest BCUT2D eigenvalue weighted by Crippen LogP contribution is 2.47. The fourth-order valence-corrected chi connectivity index (χ4v) is 6.71. The number of anilines is 3. The minimum atomic E-state index is -1.90. The minimum Gasteiger partial charge on any atom is -0.497 e. The predicted octanol–water partition coefficient (Wildman–Crippen LogP) is 5.64. The Morgan fingerprint density at radius 1 is 0.939 bits per heavy atom. The van der Waals surface area contributed by atoms with Gasteiger partial charge in [-0.05, 0) is 59.5 Å². The molecule has 2 aliphatic rings. The van der Waals surface area contributed by atoms with Crippen LogP contribution in [0.15, 0.2) is 109 Å². The van der Waals surface area contributed by atoms with Crippen molar-refractivity contribution in [3.05, 3.63) is 131 Å². The van der Waals surface area contributed by atoms with Crippen LogP contribution in [-0.2, 0) is 39.5 Å². The molecule has 9 heteroatoms. The maximum atomic E-state index is 14.2. The number of aliphatic hydroxyl groups is 2. The van der Waals surface area contributed by atoms with E-state index < -0.39 is 17.4 Å². The van der Waals surface area contributed by atoms with Crippen molar-refractivity contribution in [1.82, 2.24) is 4.90 Å². The highest BCUT2D eigenvalue weighted by molar-refractivity contribution is 6.07. The summed E-state index contributed by atoms with van der Waals surface area (Å²) in [7, 11) is 1.53. The Bertz CT molecular complexity index is 1860. The van der Waals surface area contributed by atoms with Gasteiger partial charge < -0.3 is 24.7 Å². The molecule has 2 N–H and O–H groups in total. The average molecular weight is 660 g/mol. The number of aryl methyl sites for hydroxylation is 1. The fourth-order valence-electron chi connectivity index (χ4n) is 6.71. The Labute approximate surface area is 286 Å². The second-order valence-electron chi connectivity index (χ2n) is 12.5. The Morgan fingerprint density at radius 3 is 2.41 bits per heavy atom. The largest absolute Gasteiger partial charge is 0.497 e. The maximum Gasteiger partial charge on any atom is 0.264 e. The molecular weight excluding hydrogens is 618 g/mol. The van der Waals surface area contributed by atoms with E-state index in [1.165, 1.54) is 7.11 Å². The first-order valence-corrected chi connectivity index (χ1v) is 16.6. The van der Waals surface area contributed by atoms with Crippen LogP contribution in [0, 0.1) is 5.92 Å². The number of ether oxygens (including phenoxy) is 1. The second kappa shape index (κ2) is 14.5. The van der Waals surface area contributed by atoms with E-state index in [4.69, 9.17) is 4.74 Å². The van der Waals surface area contributed by atoms with Crippen LogP contribution in [-0.4, -0.2) is 53.1 Å². The van der Waals surface area contributed by atoms with Gasteiger partial charge in [-0.3, -0.25) is 19.3 Å². The molecule has 3 amide bonds. The van der Waals surface area contributed by atoms with Gasteiger partial charge >= 0.3 is 0 Å². The zero-order valence-electron chi connectivity index (χ0n) is 27.8. The van der Waals surface area contributed by atoms with E-state index in [1.807, 2.05) is 78.9 Å². The van der Waals surface area contributed by atoms with Gasteiger partial charge in [0.25, 0.3) is 5.91 Å². The smallest absolute Gasteiger partial charge is 0.264 e. The molecule has 2 atom stereocenters. The molecule has 4 aromatic carbocycles. The van der Waals surface area contributed by atoms with Crippen LogP contribution in [0.3, 0.4) is 0 Å². The molecule has 49 heavy (non-hydrogen) atoms. The van der Waals surface area contributed by atoms with Gasteiger partial charge in [0.1, 0.15) is 5.75 Å². The normalized spacial score (nSPS) is 17.6. The summed E-state index contributed by atoms with van der Waals surface area (Å²) in [5.74, 6) is -0.788. The van der Waals surface area contributed by atoms with Gasteiger partial charge in [-0.1, -0.05) is 79.7 Å². The van der Waals surface area contributed by atoms with Crippen molar-refractivity contribution in [1.29, 1.82) is 0 Å². The van der Waals surface area contributed by atoms with Crippen molar-refractivity contribution >= 4 is 34.8 Å². The molecule has 6 rings (SSSR count). The van der Waals surface area contributed by atoms with E-state index in [1.54, 1.807) is 52.0 Å². The number of carbonyl (C=O) groups is 3. The third-order valence-corrected chi connectivity index (χ3v) is 9.42. The van der Waals surface area contributed by atoms with Gasteiger partial charge in [-0.25, -0.2) is 0 Å². The molecule has 0 saturated heterocycles. The molecule has 2 aliphatic heterocycles. The van der Waals surface area contributed by atoms with Crippen molar-refractivity contribution in [2.45, 2.75) is 44.9 Å². The molecule has 0 spiro atoms. The number of fused-ring (bicyclic) bond motifs is 2. The number of aliphatic hydroxyl groups excluding tert-OH is 1. The number of hydrogen-bond acceptors (Lipinski definition) is 6. The molecule has 0 radical (unpaired) electrons. The van der Waals surface area contributed by atoms with Gasteiger partial charge in [0.05, 0.1) is 31.6 Å². The lowest BCUT2D eigenvalue weighted by molar-refractivity contribution is -0.139. The van der Waals surface area contributed by atoms with Crippen LogP contribution in [0.1, 0.15) is 42.0 Å². The van der Waals surface area contributed by atoms with Crippen molar-refractivity contribution in [2.75, 3.05) is 30.1 Å². The molecule has 0 unspecified atom stereocenters. The van der Waals surface area contributed by atoms with Gasteiger partial charge in [-0.15, -0.1) is 0 Å². The number of para-hydroxylation sites is 1. The monoisotopic (exact) mass is 659 g/mol. The van der Waals surface area contributed by atoms with Crippen molar-refractivity contribution < 1.29 is 29.3 Å². The third-order valence-electron chi connectivity index (χ3n) is 9.42. The quantitative estimate of drug-likeness (QED) is 0.191. The fraction of sp³-hybridized carbons (Fsp3) is 0.275. The molecule has 252 valence electrons. The number of rotatable bonds is 12. The first-order valence-electron chi connectivity index (χ1n) is 16.6. The van der Waals surface area contributed by atoms with Crippen molar-refractivity contribution in [3.8, 4) is 5.75 Å². The number of amides is 3. The molecule has 0 aromatic heterocycles. The lowest BCUT2D eigenvalue weighted by Crippen LogP contribution is -2.44. The Morgan fingerprint density at radius 2 is 1.67 bits per heavy atom. The zero-order chi connectivity index (χ0) is 34.5. The van der Waals surface area contributed by atoms with Gasteiger partial charge in [-0.2, -0.15) is 0 Å². The maximum absolute atomic E-state index is 14.2. The van der Waals surface area contributed by atoms with Crippen LogP contribution in [0.25, 0.3) is 0 Å². The Balaban J connectivity index is 1.20. The molecular formula is C40H41N3O6. The molecule has 0 saturated carbocycles. The van der Waals surface area contributed by atoms with Crippen LogP contribution >= 0.6 is 0 Å². The minimum absolute atomic E-state index is 0.0372. The predicted molar refractivity (Wildman–Crippen MR) is 188 cm³/mol. The molecule has 4 aromatic rings. The summed E-state index contributed by atoms with van der Waals surface area (Å²) >= 11 is 0. The first-order chi connectivity index (χ1) is 23.7. The van der Waals surface area contributed by atoms with Crippen LogP contribution in [0.4, 0.5) is 17.1 Å². The SMILES string of the molecule is COc1ccc2c(c1)[C@](O)([C@@H](C)/C=C/CC(=O)N(CCO)Cc1ccccc1)C(=O)N2Cc1ccc(N2C(=O)CCc3ccccc32)cc1. The lowest BCUT2D eigenvalue weighted by Gasteiger charge is -2.30. The summed E-state index contributed by atoms with van der Waals surface area (Å²) < 4.78 is 5.45. The Kier molecular flexibility index (Phi) is 9.94. The van der Waals surface area contributed by atoms with Gasteiger partial charge in [0.2, 0.25) is 11.8 Å². The summed E-state index contributed by atoms with van der Waals surface area (Å²) in [6, 6.07) is 30.3. The highest BCUT2D eigenvalue weighted by Gasteiger charge is 2.52. The third kappa shape index (κ3) is 6.72. The van der Waals surface area contributed by atoms with E-state index in [0.717, 1.165) is 28.1 Å². The average Bonchev–Trinajstić information content (AvgIpc) is 3.34. The topological polar surface area (TPSA) is 111 Å². The summed E-state index contributed by atoms with van der Waals surface area (Å²) in [4.78, 5) is 45.1. The van der Waals surface area contributed by atoms with Crippen LogP contribution in [0.2, 0.25) is 0 Å². The van der Waals surface area contributed by atoms with E-state index in [0.29, 0.717) is 36.4 Å². The van der Waals surface area contributed by atoms with Crippen molar-refractivity contribution in [2.24, 2.45) is 5.92 Å². The zero-order valence-corrected chi connectivity index (χ0v) is 27.8. The molecule has 0 bridgehead atoms. The number of carbonyl (C=O) groups excluding carboxylic acids is 3. The molecule has 0 fully saturated rings. The Hall–Kier alpha value is -5.25. The second-order valence-corrected chi connectivity index (χ2v) is 12.5. The lowest BCUT2D eigenvalue weighted by atomic mass is 9.83. The summed E-state index contributed by atoms with van der Waals surface area (Å²) in [6.07, 6.45) is 4.58. The highest BCUT2D eigenvalue weighted by atomic mass is 16.5. The number of hydrogen-bond donors (Lipinski definition) is 2. The van der Waals surface area contributed by atoms with Gasteiger partial charge in [0, 0.05) is 43.1 Å². The van der Waals surface area contributed by atoms with Crippen LogP contribution < -0.4 is 14.5 Å². The summed E-state index contributed by atoms with van der Waals surface area (Å²) in [5.41, 5.74) is 3.66.